The monoisotopic (exact) mass is 357 g/mol. The Balaban J connectivity index is 2.02. The van der Waals surface area contributed by atoms with Crippen molar-refractivity contribution >= 4 is 40.8 Å². The Morgan fingerprint density at radius 2 is 2.04 bits per heavy atom. The molecule has 0 bridgehead atoms. The maximum absolute atomic E-state index is 12.2. The van der Waals surface area contributed by atoms with Crippen LogP contribution in [0.5, 0.6) is 5.88 Å². The van der Waals surface area contributed by atoms with Crippen molar-refractivity contribution in [2.75, 3.05) is 6.61 Å². The number of esters is 1. The molecule has 6 nitrogen and oxygen atoms in total. The van der Waals surface area contributed by atoms with Crippen molar-refractivity contribution in [3.8, 4) is 5.88 Å². The Labute approximate surface area is 147 Å². The van der Waals surface area contributed by atoms with Gasteiger partial charge in [-0.05, 0) is 30.2 Å². The summed E-state index contributed by atoms with van der Waals surface area (Å²) in [4.78, 5) is 35.6. The molecule has 128 valence electrons. The van der Waals surface area contributed by atoms with Crippen molar-refractivity contribution in [3.05, 3.63) is 56.0 Å². The van der Waals surface area contributed by atoms with Gasteiger partial charge in [0, 0.05) is 5.57 Å². The van der Waals surface area contributed by atoms with E-state index in [2.05, 4.69) is 0 Å². The quantitative estimate of drug-likeness (QED) is 0.670. The summed E-state index contributed by atoms with van der Waals surface area (Å²) < 4.78 is 5.73. The zero-order chi connectivity index (χ0) is 18.0. The summed E-state index contributed by atoms with van der Waals surface area (Å²) in [5.74, 6) is -1.18. The van der Waals surface area contributed by atoms with Gasteiger partial charge in [-0.3, -0.25) is 19.0 Å². The zero-order valence-electron chi connectivity index (χ0n) is 13.4. The second kappa shape index (κ2) is 6.90. The Morgan fingerprint density at radius 3 is 2.80 bits per heavy atom. The first kappa shape index (κ1) is 16.9. The van der Waals surface area contributed by atoms with E-state index in [1.807, 2.05) is 18.2 Å². The number of carbonyl (C=O) groups is 2. The van der Waals surface area contributed by atoms with Gasteiger partial charge in [0.15, 0.2) is 5.78 Å². The van der Waals surface area contributed by atoms with Crippen LogP contribution >= 0.6 is 11.3 Å². The van der Waals surface area contributed by atoms with E-state index in [0.29, 0.717) is 5.57 Å². The molecule has 0 amide bonds. The fraction of sp³-hybridized carbons (Fsp3) is 0.167. The predicted octanol–water partition coefficient (Wildman–Crippen LogP) is 2.32. The van der Waals surface area contributed by atoms with Crippen molar-refractivity contribution in [3.63, 3.8) is 0 Å². The van der Waals surface area contributed by atoms with E-state index in [1.165, 1.54) is 12.2 Å². The number of nitrogens with zero attached hydrogens (tertiary/aromatic N) is 1. The predicted molar refractivity (Wildman–Crippen MR) is 95.2 cm³/mol. The largest absolute Gasteiger partial charge is 0.493 e. The maximum Gasteiger partial charge on any atom is 0.326 e. The summed E-state index contributed by atoms with van der Waals surface area (Å²) in [6.45, 7) is 1.47. The number of fused-ring (bicyclic) bond motifs is 1. The van der Waals surface area contributed by atoms with E-state index in [4.69, 9.17) is 4.74 Å². The SMILES string of the molecule is CCOC(=O)Cn1c(O)c(/C=C2\C(=O)C=Cc3ccccc32)sc1=O. The highest BCUT2D eigenvalue weighted by Crippen LogP contribution is 2.31. The maximum atomic E-state index is 12.2. The molecule has 0 aliphatic heterocycles. The molecule has 0 unspecified atom stereocenters. The lowest BCUT2D eigenvalue weighted by molar-refractivity contribution is -0.143. The molecule has 1 N–H and O–H groups in total. The number of hydrogen-bond donors (Lipinski definition) is 1. The van der Waals surface area contributed by atoms with E-state index in [0.717, 1.165) is 27.0 Å². The van der Waals surface area contributed by atoms with Gasteiger partial charge in [0.1, 0.15) is 6.54 Å². The van der Waals surface area contributed by atoms with Gasteiger partial charge >= 0.3 is 10.8 Å². The Morgan fingerprint density at radius 1 is 1.28 bits per heavy atom. The van der Waals surface area contributed by atoms with Crippen molar-refractivity contribution in [1.29, 1.82) is 0 Å². The summed E-state index contributed by atoms with van der Waals surface area (Å²) in [6.07, 6.45) is 4.65. The number of thiazole rings is 1. The first-order valence-corrected chi connectivity index (χ1v) is 8.44. The topological polar surface area (TPSA) is 85.6 Å². The molecule has 25 heavy (non-hydrogen) atoms. The van der Waals surface area contributed by atoms with Gasteiger partial charge in [-0.25, -0.2) is 0 Å². The Bertz CT molecular complexity index is 964. The van der Waals surface area contributed by atoms with Gasteiger partial charge < -0.3 is 9.84 Å². The third kappa shape index (κ3) is 3.32. The van der Waals surface area contributed by atoms with Crippen molar-refractivity contribution in [2.24, 2.45) is 0 Å². The first-order valence-electron chi connectivity index (χ1n) is 7.63. The summed E-state index contributed by atoms with van der Waals surface area (Å²) in [6, 6.07) is 7.36. The number of carbonyl (C=O) groups excluding carboxylic acids is 2. The minimum atomic E-state index is -0.612. The molecule has 2 aromatic rings. The van der Waals surface area contributed by atoms with Gasteiger partial charge in [-0.2, -0.15) is 0 Å². The summed E-state index contributed by atoms with van der Waals surface area (Å²) in [7, 11) is 0. The number of benzene rings is 1. The van der Waals surface area contributed by atoms with Crippen LogP contribution in [0.15, 0.2) is 35.1 Å². The number of ether oxygens (including phenoxy) is 1. The van der Waals surface area contributed by atoms with Crippen molar-refractivity contribution < 1.29 is 19.4 Å². The summed E-state index contributed by atoms with van der Waals surface area (Å²) in [5.41, 5.74) is 2.00. The van der Waals surface area contributed by atoms with Crippen LogP contribution in [-0.4, -0.2) is 28.0 Å². The first-order chi connectivity index (χ1) is 12.0. The molecule has 7 heteroatoms. The lowest BCUT2D eigenvalue weighted by atomic mass is 9.91. The van der Waals surface area contributed by atoms with E-state index < -0.39 is 10.8 Å². The zero-order valence-corrected chi connectivity index (χ0v) is 14.2. The minimum Gasteiger partial charge on any atom is -0.493 e. The molecule has 1 heterocycles. The molecule has 0 saturated heterocycles. The molecule has 1 aliphatic rings. The summed E-state index contributed by atoms with van der Waals surface area (Å²) >= 11 is 0.768. The van der Waals surface area contributed by atoms with Gasteiger partial charge in [0.25, 0.3) is 0 Å². The van der Waals surface area contributed by atoms with Gasteiger partial charge in [-0.15, -0.1) is 0 Å². The van der Waals surface area contributed by atoms with Crippen LogP contribution in [0.4, 0.5) is 0 Å². The third-order valence-corrected chi connectivity index (χ3v) is 4.61. The number of aromatic hydroxyl groups is 1. The average Bonchev–Trinajstić information content (AvgIpc) is 2.85. The molecule has 0 spiro atoms. The van der Waals surface area contributed by atoms with Gasteiger partial charge in [0.05, 0.1) is 11.5 Å². The molecule has 3 rings (SSSR count). The molecule has 0 radical (unpaired) electrons. The summed E-state index contributed by atoms with van der Waals surface area (Å²) in [5, 5.41) is 10.3. The van der Waals surface area contributed by atoms with Crippen LogP contribution in [0.1, 0.15) is 22.9 Å². The van der Waals surface area contributed by atoms with Crippen LogP contribution in [0.2, 0.25) is 0 Å². The van der Waals surface area contributed by atoms with Crippen LogP contribution < -0.4 is 4.87 Å². The average molecular weight is 357 g/mol. The Hall–Kier alpha value is -2.93. The molecule has 1 aromatic heterocycles. The number of ketones is 1. The van der Waals surface area contributed by atoms with E-state index in [9.17, 15) is 19.5 Å². The number of rotatable bonds is 4. The minimum absolute atomic E-state index is 0.188. The molecular formula is C18H15NO5S. The standard InChI is InChI=1S/C18H15NO5S/c1-2-24-16(21)10-19-17(22)15(25-18(19)23)9-13-12-6-4-3-5-11(12)7-8-14(13)20/h3-9,22H,2,10H2,1H3/b13-9-. The van der Waals surface area contributed by atoms with E-state index in [1.54, 1.807) is 19.1 Å². The Kier molecular flexibility index (Phi) is 4.67. The third-order valence-electron chi connectivity index (χ3n) is 3.69. The fourth-order valence-electron chi connectivity index (χ4n) is 2.54. The smallest absolute Gasteiger partial charge is 0.326 e. The lowest BCUT2D eigenvalue weighted by Crippen LogP contribution is -2.20. The molecule has 1 aromatic carbocycles. The fourth-order valence-corrected chi connectivity index (χ4v) is 3.37. The second-order valence-corrected chi connectivity index (χ2v) is 6.28. The molecule has 0 saturated carbocycles. The molecule has 0 fully saturated rings. The highest BCUT2D eigenvalue weighted by molar-refractivity contribution is 7.10. The number of hydrogen-bond acceptors (Lipinski definition) is 6. The molecule has 0 atom stereocenters. The van der Waals surface area contributed by atoms with Crippen molar-refractivity contribution in [2.45, 2.75) is 13.5 Å². The molecular weight excluding hydrogens is 342 g/mol. The normalized spacial score (nSPS) is 14.6. The number of allylic oxidation sites excluding steroid dienone is 2. The van der Waals surface area contributed by atoms with Crippen molar-refractivity contribution in [1.82, 2.24) is 4.57 Å². The van der Waals surface area contributed by atoms with E-state index in [-0.39, 0.29) is 29.7 Å². The highest BCUT2D eigenvalue weighted by Gasteiger charge is 2.20. The van der Waals surface area contributed by atoms with E-state index >= 15 is 0 Å². The van der Waals surface area contributed by atoms with Gasteiger partial charge in [0.2, 0.25) is 5.88 Å². The van der Waals surface area contributed by atoms with Crippen LogP contribution in [0, 0.1) is 0 Å². The van der Waals surface area contributed by atoms with Crippen LogP contribution in [-0.2, 0) is 20.9 Å². The number of aromatic nitrogens is 1. The lowest BCUT2D eigenvalue weighted by Gasteiger charge is -2.12. The van der Waals surface area contributed by atoms with Crippen LogP contribution in [0.3, 0.4) is 0 Å². The molecule has 1 aliphatic carbocycles. The highest BCUT2D eigenvalue weighted by atomic mass is 32.1. The second-order valence-electron chi connectivity index (χ2n) is 5.29. The van der Waals surface area contributed by atoms with Crippen LogP contribution in [0.25, 0.3) is 17.7 Å². The van der Waals surface area contributed by atoms with Gasteiger partial charge in [-0.1, -0.05) is 41.7 Å².